The molecule has 0 aliphatic carbocycles. The highest BCUT2D eigenvalue weighted by molar-refractivity contribution is 6.09. The molecule has 1 fully saturated rings. The zero-order valence-corrected chi connectivity index (χ0v) is 7.14. The van der Waals surface area contributed by atoms with Crippen LogP contribution in [0.3, 0.4) is 0 Å². The van der Waals surface area contributed by atoms with E-state index in [-0.39, 0.29) is 0 Å². The Labute approximate surface area is 73.7 Å². The van der Waals surface area contributed by atoms with Crippen molar-refractivity contribution in [1.82, 2.24) is 0 Å². The Bertz CT molecular complexity index is 258. The van der Waals surface area contributed by atoms with Gasteiger partial charge in [0.2, 0.25) is 11.9 Å². The van der Waals surface area contributed by atoms with Gasteiger partial charge in [-0.25, -0.2) is 0 Å². The number of rotatable bonds is 3. The summed E-state index contributed by atoms with van der Waals surface area (Å²) in [5, 5.41) is 27.6. The molecular weight excluding hydrogens is 180 g/mol. The molecule has 13 heavy (non-hydrogen) atoms. The number of aliphatic hydroxyl groups excluding tert-OH is 1. The van der Waals surface area contributed by atoms with Crippen LogP contribution in [0.5, 0.6) is 0 Å². The van der Waals surface area contributed by atoms with Gasteiger partial charge < -0.3 is 20.1 Å². The Kier molecular flexibility index (Phi) is 2.04. The SMILES string of the molecule is CC(=O)C(O)(C(C)=O)C1(O)OC1O. The Morgan fingerprint density at radius 3 is 1.77 bits per heavy atom. The molecule has 74 valence electrons. The van der Waals surface area contributed by atoms with Gasteiger partial charge in [-0.1, -0.05) is 0 Å². The molecule has 2 unspecified atom stereocenters. The van der Waals surface area contributed by atoms with Gasteiger partial charge in [-0.15, -0.1) is 0 Å². The number of carbonyl (C=O) groups is 2. The van der Waals surface area contributed by atoms with Crippen LogP contribution in [0.1, 0.15) is 13.8 Å². The fourth-order valence-corrected chi connectivity index (χ4v) is 1.15. The van der Waals surface area contributed by atoms with E-state index in [2.05, 4.69) is 4.74 Å². The average Bonchev–Trinajstić information content (AvgIpc) is 2.58. The standard InChI is InChI=1S/C7H10O6/c1-3(8)6(11,4(2)9)7(12)5(10)13-7/h5,10-12H,1-2H3. The van der Waals surface area contributed by atoms with Gasteiger partial charge in [0.1, 0.15) is 0 Å². The summed E-state index contributed by atoms with van der Waals surface area (Å²) in [6, 6.07) is 0. The number of epoxide rings is 1. The van der Waals surface area contributed by atoms with E-state index in [1.54, 1.807) is 0 Å². The third-order valence-electron chi connectivity index (χ3n) is 2.11. The largest absolute Gasteiger partial charge is 0.370 e. The number of aliphatic hydroxyl groups is 3. The van der Waals surface area contributed by atoms with Gasteiger partial charge in [-0.3, -0.25) is 9.59 Å². The molecule has 0 aromatic rings. The van der Waals surface area contributed by atoms with Crippen LogP contribution in [0.4, 0.5) is 0 Å². The first-order valence-corrected chi connectivity index (χ1v) is 3.59. The molecule has 0 spiro atoms. The Morgan fingerprint density at radius 1 is 1.38 bits per heavy atom. The number of hydrogen-bond acceptors (Lipinski definition) is 6. The fraction of sp³-hybridized carbons (Fsp3) is 0.714. The number of carbonyl (C=O) groups excluding carboxylic acids is 2. The summed E-state index contributed by atoms with van der Waals surface area (Å²) in [4.78, 5) is 21.8. The lowest BCUT2D eigenvalue weighted by molar-refractivity contribution is -0.178. The maximum Gasteiger partial charge on any atom is 0.265 e. The fourth-order valence-electron chi connectivity index (χ4n) is 1.15. The molecule has 2 atom stereocenters. The van der Waals surface area contributed by atoms with Crippen LogP contribution in [0.25, 0.3) is 0 Å². The molecule has 1 rings (SSSR count). The number of hydrogen-bond donors (Lipinski definition) is 3. The molecule has 0 radical (unpaired) electrons. The average molecular weight is 190 g/mol. The predicted molar refractivity (Wildman–Crippen MR) is 38.4 cm³/mol. The molecule has 0 saturated carbocycles. The van der Waals surface area contributed by atoms with Crippen molar-refractivity contribution in [2.75, 3.05) is 0 Å². The zero-order valence-electron chi connectivity index (χ0n) is 7.14. The molecule has 0 bridgehead atoms. The molecule has 3 N–H and O–H groups in total. The lowest BCUT2D eigenvalue weighted by Gasteiger charge is -2.24. The van der Waals surface area contributed by atoms with Crippen LogP contribution in [0, 0.1) is 0 Å². The minimum absolute atomic E-state index is 0.924. The maximum atomic E-state index is 10.9. The van der Waals surface area contributed by atoms with Gasteiger partial charge in [0.25, 0.3) is 5.79 Å². The van der Waals surface area contributed by atoms with Gasteiger partial charge in [-0.05, 0) is 13.8 Å². The molecule has 0 aromatic carbocycles. The first-order chi connectivity index (χ1) is 5.76. The summed E-state index contributed by atoms with van der Waals surface area (Å²) in [6.45, 7) is 1.85. The van der Waals surface area contributed by atoms with Gasteiger partial charge in [0, 0.05) is 0 Å². The molecule has 1 aliphatic heterocycles. The zero-order chi connectivity index (χ0) is 10.4. The minimum atomic E-state index is -2.67. The van der Waals surface area contributed by atoms with E-state index in [9.17, 15) is 19.8 Å². The first kappa shape index (κ1) is 10.3. The molecule has 6 nitrogen and oxygen atoms in total. The molecule has 6 heteroatoms. The van der Waals surface area contributed by atoms with Crippen LogP contribution in [0.15, 0.2) is 0 Å². The summed E-state index contributed by atoms with van der Waals surface area (Å²) in [6.07, 6.45) is -1.70. The lowest BCUT2D eigenvalue weighted by Crippen LogP contribution is -2.57. The Balaban J connectivity index is 3.07. The topological polar surface area (TPSA) is 107 Å². The molecular formula is C7H10O6. The number of Topliss-reactive ketones (excluding diaryl/α,β-unsaturated/α-hetero) is 2. The monoisotopic (exact) mass is 190 g/mol. The molecule has 1 heterocycles. The van der Waals surface area contributed by atoms with Gasteiger partial charge in [0.05, 0.1) is 0 Å². The van der Waals surface area contributed by atoms with Crippen LogP contribution < -0.4 is 0 Å². The summed E-state index contributed by atoms with van der Waals surface area (Å²) in [5.41, 5.74) is -2.67. The third kappa shape index (κ3) is 1.11. The second-order valence-electron chi connectivity index (χ2n) is 2.99. The van der Waals surface area contributed by atoms with Gasteiger partial charge in [-0.2, -0.15) is 0 Å². The van der Waals surface area contributed by atoms with E-state index < -0.39 is 29.2 Å². The minimum Gasteiger partial charge on any atom is -0.370 e. The highest BCUT2D eigenvalue weighted by Gasteiger charge is 2.73. The van der Waals surface area contributed by atoms with Crippen molar-refractivity contribution in [1.29, 1.82) is 0 Å². The lowest BCUT2D eigenvalue weighted by atomic mass is 9.88. The highest BCUT2D eigenvalue weighted by atomic mass is 16.8. The van der Waals surface area contributed by atoms with Gasteiger partial charge in [0.15, 0.2) is 11.6 Å². The van der Waals surface area contributed by atoms with Crippen LogP contribution >= 0.6 is 0 Å². The second-order valence-corrected chi connectivity index (χ2v) is 2.99. The van der Waals surface area contributed by atoms with Crippen LogP contribution in [0.2, 0.25) is 0 Å². The number of ether oxygens (including phenoxy) is 1. The summed E-state index contributed by atoms with van der Waals surface area (Å²) in [7, 11) is 0. The summed E-state index contributed by atoms with van der Waals surface area (Å²) in [5.74, 6) is -4.43. The Hall–Kier alpha value is -0.820. The van der Waals surface area contributed by atoms with Crippen molar-refractivity contribution in [3.05, 3.63) is 0 Å². The molecule has 1 aliphatic rings. The van der Waals surface area contributed by atoms with Crippen molar-refractivity contribution in [3.63, 3.8) is 0 Å². The maximum absolute atomic E-state index is 10.9. The van der Waals surface area contributed by atoms with Crippen molar-refractivity contribution >= 4 is 11.6 Å². The second kappa shape index (κ2) is 2.58. The van der Waals surface area contributed by atoms with E-state index in [1.165, 1.54) is 0 Å². The smallest absolute Gasteiger partial charge is 0.265 e. The van der Waals surface area contributed by atoms with E-state index in [0.717, 1.165) is 13.8 Å². The van der Waals surface area contributed by atoms with Crippen LogP contribution in [-0.2, 0) is 14.3 Å². The van der Waals surface area contributed by atoms with E-state index >= 15 is 0 Å². The normalized spacial score (nSPS) is 32.8. The van der Waals surface area contributed by atoms with Crippen LogP contribution in [-0.4, -0.2) is 44.6 Å². The van der Waals surface area contributed by atoms with Crippen molar-refractivity contribution in [2.24, 2.45) is 0 Å². The third-order valence-corrected chi connectivity index (χ3v) is 2.11. The molecule has 0 aromatic heterocycles. The number of ketones is 2. The summed E-state index contributed by atoms with van der Waals surface area (Å²) >= 11 is 0. The van der Waals surface area contributed by atoms with Crippen molar-refractivity contribution in [3.8, 4) is 0 Å². The van der Waals surface area contributed by atoms with E-state index in [1.807, 2.05) is 0 Å². The highest BCUT2D eigenvalue weighted by Crippen LogP contribution is 2.42. The van der Waals surface area contributed by atoms with E-state index in [0.29, 0.717) is 0 Å². The van der Waals surface area contributed by atoms with Crippen molar-refractivity contribution < 1.29 is 29.6 Å². The molecule has 0 amide bonds. The quantitative estimate of drug-likeness (QED) is 0.348. The predicted octanol–water partition coefficient (Wildman–Crippen LogP) is -2.07. The first-order valence-electron chi connectivity index (χ1n) is 3.59. The molecule has 1 saturated heterocycles. The Morgan fingerprint density at radius 2 is 1.69 bits per heavy atom. The van der Waals surface area contributed by atoms with Crippen molar-refractivity contribution in [2.45, 2.75) is 31.5 Å². The van der Waals surface area contributed by atoms with Gasteiger partial charge >= 0.3 is 0 Å². The summed E-state index contributed by atoms with van der Waals surface area (Å²) < 4.78 is 4.21. The van der Waals surface area contributed by atoms with E-state index in [4.69, 9.17) is 5.11 Å².